The van der Waals surface area contributed by atoms with E-state index in [9.17, 15) is 9.59 Å². The molecule has 0 aliphatic carbocycles. The maximum absolute atomic E-state index is 14.0. The third kappa shape index (κ3) is 6.34. The Bertz CT molecular complexity index is 2440. The Hall–Kier alpha value is -6.09. The largest absolute Gasteiger partial charge is 0.493 e. The summed E-state index contributed by atoms with van der Waals surface area (Å²) >= 11 is 0. The Balaban J connectivity index is 0.951. The molecule has 0 radical (unpaired) electrons. The van der Waals surface area contributed by atoms with E-state index >= 15 is 0 Å². The standard InChI is InChI=1S/C47H46N4O5/c1-28(2)14-30-16-31(26-55-43-22-39-37(15-29(43)3)46(52)50-35(24-48-39)19-33-10-6-8-12-40(33)50)18-32(17-30)27-56-45-23-42-38(21-44(45)54-5)47(53)51-36(25-49(42)4)20-34-11-7-9-13-41(34)51/h6-13,15-18,21-23,28,35-36,48H,14,19-20,24,26-27H2,1-5H3/t35-,36-/m0/s1. The smallest absolute Gasteiger partial charge is 0.260 e. The van der Waals surface area contributed by atoms with Gasteiger partial charge in [0, 0.05) is 41.8 Å². The zero-order valence-electron chi connectivity index (χ0n) is 32.5. The van der Waals surface area contributed by atoms with Crippen LogP contribution in [0.15, 0.2) is 91.0 Å². The first-order valence-corrected chi connectivity index (χ1v) is 19.5. The molecule has 4 heterocycles. The van der Waals surface area contributed by atoms with Crippen molar-refractivity contribution in [3.8, 4) is 17.2 Å². The number of amides is 2. The maximum atomic E-state index is 14.0. The molecule has 4 aliphatic rings. The monoisotopic (exact) mass is 746 g/mol. The lowest BCUT2D eigenvalue weighted by Gasteiger charge is -2.23. The fraction of sp³-hybridized carbons (Fsp3) is 0.298. The number of hydrogen-bond acceptors (Lipinski definition) is 6. The number of benzene rings is 5. The molecule has 9 rings (SSSR count). The Kier molecular flexibility index (Phi) is 9.03. The minimum atomic E-state index is -0.193. The topological polar surface area (TPSA) is 83.3 Å². The summed E-state index contributed by atoms with van der Waals surface area (Å²) in [6.07, 6.45) is 5.99. The molecule has 0 bridgehead atoms. The van der Waals surface area contributed by atoms with E-state index in [0.29, 0.717) is 48.3 Å². The number of nitrogens with zero attached hydrogens (tertiary/aromatic N) is 3. The van der Waals surface area contributed by atoms with Crippen LogP contribution in [0, 0.1) is 12.8 Å². The summed E-state index contributed by atoms with van der Waals surface area (Å²) in [6.45, 7) is 7.75. The summed E-state index contributed by atoms with van der Waals surface area (Å²) in [7, 11) is 3.53. The van der Waals surface area contributed by atoms with Crippen LogP contribution in [-0.4, -0.2) is 55.4 Å². The van der Waals surface area contributed by atoms with Crippen molar-refractivity contribution in [1.82, 2.24) is 0 Å². The van der Waals surface area contributed by atoms with Gasteiger partial charge in [0.25, 0.3) is 5.91 Å². The highest BCUT2D eigenvalue weighted by molar-refractivity contribution is 6.14. The summed E-state index contributed by atoms with van der Waals surface area (Å²) < 4.78 is 20.7. The van der Waals surface area contributed by atoms with Crippen molar-refractivity contribution in [2.75, 3.05) is 35.8 Å². The molecule has 2 atom stereocenters. The summed E-state index contributed by atoms with van der Waals surface area (Å²) in [5.74, 6) is 2.19. The van der Waals surface area contributed by atoms with Crippen molar-refractivity contribution in [3.63, 3.8) is 0 Å². The van der Waals surface area contributed by atoms with Crippen molar-refractivity contribution >= 4 is 40.8 Å². The van der Waals surface area contributed by atoms with E-state index in [4.69, 9.17) is 14.2 Å². The van der Waals surface area contributed by atoms with Crippen molar-refractivity contribution in [3.05, 3.63) is 136 Å². The molecule has 1 N–H and O–H groups in total. The van der Waals surface area contributed by atoms with Gasteiger partial charge in [-0.1, -0.05) is 62.4 Å². The van der Waals surface area contributed by atoms with Crippen LogP contribution in [0.5, 0.6) is 17.2 Å². The van der Waals surface area contributed by atoms with Crippen LogP contribution >= 0.6 is 0 Å². The van der Waals surface area contributed by atoms with Crippen LogP contribution < -0.4 is 29.3 Å². The van der Waals surface area contributed by atoms with Crippen molar-refractivity contribution < 1.29 is 28.4 Å². The van der Waals surface area contributed by atoms with Crippen molar-refractivity contribution in [2.45, 2.75) is 65.3 Å². The predicted molar refractivity (Wildman–Crippen MR) is 219 cm³/mol. The number of methoxy groups -OCH3 is 1. The molecule has 56 heavy (non-hydrogen) atoms. The summed E-state index contributed by atoms with van der Waals surface area (Å²) in [6, 6.07) is 30.2. The van der Waals surface area contributed by atoms with E-state index in [0.717, 1.165) is 70.0 Å². The fourth-order valence-corrected chi connectivity index (χ4v) is 8.77. The quantitative estimate of drug-likeness (QED) is 0.121. The lowest BCUT2D eigenvalue weighted by atomic mass is 9.98. The van der Waals surface area contributed by atoms with Gasteiger partial charge in [-0.2, -0.15) is 0 Å². The van der Waals surface area contributed by atoms with E-state index in [1.807, 2.05) is 82.9 Å². The highest BCUT2D eigenvalue weighted by Gasteiger charge is 2.38. The number of rotatable bonds is 9. The lowest BCUT2D eigenvalue weighted by molar-refractivity contribution is -0.401. The Morgan fingerprint density at radius 2 is 1.41 bits per heavy atom. The SMILES string of the molecule is COc1cc2c(cc1OCc1cc(COc3cc4c(cc3C)C(=O)N3c5ccccc5C[C@H]3CN4)cc(CC(C)C)c1)[N+](C)=[C-][C@@H]1Cc3ccccc3N1C2=O. The molecule has 9 heteroatoms. The molecular formula is C47H46N4O5. The number of nitrogens with one attached hydrogen (secondary N) is 1. The minimum absolute atomic E-state index is 0.0207. The van der Waals surface area contributed by atoms with Gasteiger partial charge in [0.2, 0.25) is 5.91 Å². The van der Waals surface area contributed by atoms with Crippen molar-refractivity contribution in [2.24, 2.45) is 5.92 Å². The zero-order chi connectivity index (χ0) is 38.7. The van der Waals surface area contributed by atoms with Crippen molar-refractivity contribution in [1.29, 1.82) is 0 Å². The maximum Gasteiger partial charge on any atom is 0.260 e. The molecule has 5 aromatic carbocycles. The van der Waals surface area contributed by atoms with Gasteiger partial charge >= 0.3 is 0 Å². The number of para-hydroxylation sites is 2. The zero-order valence-corrected chi connectivity index (χ0v) is 32.5. The van der Waals surface area contributed by atoms with Crippen LogP contribution in [-0.2, 0) is 32.5 Å². The van der Waals surface area contributed by atoms with Gasteiger partial charge in [0.15, 0.2) is 5.75 Å². The summed E-state index contributed by atoms with van der Waals surface area (Å²) in [5, 5.41) is 3.55. The Morgan fingerprint density at radius 3 is 2.12 bits per heavy atom. The summed E-state index contributed by atoms with van der Waals surface area (Å²) in [4.78, 5) is 31.7. The minimum Gasteiger partial charge on any atom is -0.493 e. The molecule has 0 unspecified atom stereocenters. The number of carbonyl (C=O) groups excluding carboxylic acids is 2. The third-order valence-corrected chi connectivity index (χ3v) is 11.3. The average molecular weight is 747 g/mol. The Morgan fingerprint density at radius 1 is 0.768 bits per heavy atom. The number of ether oxygens (including phenoxy) is 3. The van der Waals surface area contributed by atoms with E-state index in [-0.39, 0.29) is 23.9 Å². The van der Waals surface area contributed by atoms with Gasteiger partial charge in [-0.3, -0.25) is 9.59 Å². The molecule has 0 spiro atoms. The third-order valence-electron chi connectivity index (χ3n) is 11.3. The van der Waals surface area contributed by atoms with Gasteiger partial charge in [0.05, 0.1) is 30.1 Å². The van der Waals surface area contributed by atoms with E-state index in [2.05, 4.69) is 55.7 Å². The molecule has 0 aromatic heterocycles. The molecule has 4 aliphatic heterocycles. The first kappa shape index (κ1) is 35.6. The van der Waals surface area contributed by atoms with Gasteiger partial charge in [-0.25, -0.2) is 0 Å². The van der Waals surface area contributed by atoms with Gasteiger partial charge in [-0.05, 0) is 102 Å². The van der Waals surface area contributed by atoms with Gasteiger partial charge < -0.3 is 33.9 Å². The predicted octanol–water partition coefficient (Wildman–Crippen LogP) is 8.16. The fourth-order valence-electron chi connectivity index (χ4n) is 8.77. The first-order valence-electron chi connectivity index (χ1n) is 19.5. The number of anilines is 3. The van der Waals surface area contributed by atoms with E-state index in [1.54, 1.807) is 13.2 Å². The second-order valence-electron chi connectivity index (χ2n) is 15.8. The molecule has 284 valence electrons. The van der Waals surface area contributed by atoms with Crippen LogP contribution in [0.2, 0.25) is 0 Å². The first-order chi connectivity index (χ1) is 27.1. The highest BCUT2D eigenvalue weighted by atomic mass is 16.5. The lowest BCUT2D eigenvalue weighted by Crippen LogP contribution is -2.39. The van der Waals surface area contributed by atoms with E-state index < -0.39 is 0 Å². The second-order valence-corrected chi connectivity index (χ2v) is 15.8. The molecule has 0 fully saturated rings. The summed E-state index contributed by atoms with van der Waals surface area (Å²) in [5.41, 5.74) is 11.1. The van der Waals surface area contributed by atoms with E-state index in [1.165, 1.54) is 11.1 Å². The molecule has 2 amide bonds. The van der Waals surface area contributed by atoms with Gasteiger partial charge in [-0.15, -0.1) is 0 Å². The number of aryl methyl sites for hydroxylation is 1. The molecule has 0 saturated heterocycles. The second kappa shape index (κ2) is 14.2. The normalized spacial score (nSPS) is 17.8. The average Bonchev–Trinajstić information content (AvgIpc) is 3.68. The van der Waals surface area contributed by atoms with Crippen LogP contribution in [0.3, 0.4) is 0 Å². The Labute approximate surface area is 328 Å². The van der Waals surface area contributed by atoms with Crippen LogP contribution in [0.25, 0.3) is 0 Å². The number of carbonyl (C=O) groups is 2. The molecular weight excluding hydrogens is 701 g/mol. The molecule has 5 aromatic rings. The molecule has 9 nitrogen and oxygen atoms in total. The number of fused-ring (bicyclic) bond motifs is 8. The molecule has 0 saturated carbocycles. The van der Waals surface area contributed by atoms with Crippen LogP contribution in [0.4, 0.5) is 22.7 Å². The van der Waals surface area contributed by atoms with Gasteiger partial charge in [0.1, 0.15) is 31.8 Å². The highest BCUT2D eigenvalue weighted by Crippen LogP contribution is 2.42. The number of hydrogen-bond donors (Lipinski definition) is 1. The van der Waals surface area contributed by atoms with Crippen LogP contribution in [0.1, 0.15) is 67.9 Å².